The van der Waals surface area contributed by atoms with E-state index >= 15 is 0 Å². The number of benzene rings is 2. The summed E-state index contributed by atoms with van der Waals surface area (Å²) < 4.78 is 0. The molecule has 1 saturated heterocycles. The number of nitrogens with zero attached hydrogens (tertiary/aromatic N) is 1. The molecule has 4 heteroatoms. The van der Waals surface area contributed by atoms with Gasteiger partial charge in [0.1, 0.15) is 11.6 Å². The molecule has 3 aliphatic rings. The first-order valence-electron chi connectivity index (χ1n) is 12.8. The molecular formula is C30H38N2O2. The molecule has 4 unspecified atom stereocenters. The van der Waals surface area contributed by atoms with Crippen molar-refractivity contribution in [3.63, 3.8) is 0 Å². The molecular weight excluding hydrogens is 420 g/mol. The first kappa shape index (κ1) is 23.3. The summed E-state index contributed by atoms with van der Waals surface area (Å²) in [5, 5.41) is 0. The third kappa shape index (κ3) is 4.00. The minimum Gasteiger partial charge on any atom is -0.364 e. The Morgan fingerprint density at radius 3 is 1.74 bits per heavy atom. The Morgan fingerprint density at radius 1 is 0.765 bits per heavy atom. The summed E-state index contributed by atoms with van der Waals surface area (Å²) >= 11 is 0. The molecule has 0 aromatic heterocycles. The van der Waals surface area contributed by atoms with Crippen molar-refractivity contribution in [3.05, 3.63) is 65.7 Å². The van der Waals surface area contributed by atoms with Gasteiger partial charge < -0.3 is 10.6 Å². The second-order valence-electron chi connectivity index (χ2n) is 12.4. The highest BCUT2D eigenvalue weighted by Gasteiger charge is 2.59. The second kappa shape index (κ2) is 8.34. The quantitative estimate of drug-likeness (QED) is 0.660. The molecule has 1 aliphatic heterocycles. The van der Waals surface area contributed by atoms with Crippen LogP contribution in [-0.2, 0) is 16.1 Å². The van der Waals surface area contributed by atoms with Crippen molar-refractivity contribution in [2.75, 3.05) is 4.90 Å². The van der Waals surface area contributed by atoms with Crippen LogP contribution >= 0.6 is 0 Å². The Kier molecular flexibility index (Phi) is 5.71. The standard InChI is InChI=1S/C30H38N2O2/c1-29(2)14-22-27(24(33)16-29)26(20-8-6-5-7-9-20)28-23(15-30(3,4)17-25(28)34)32(22)21-12-10-19(18-31)11-13-21/h5-13,22-23,26-28H,14-18,31H2,1-4H3. The number of rotatable bonds is 3. The summed E-state index contributed by atoms with van der Waals surface area (Å²) in [6.45, 7) is 9.38. The normalized spacial score (nSPS) is 32.1. The number of Topliss-reactive ketones (excluding diaryl/α,β-unsaturated/α-hetero) is 2. The lowest BCUT2D eigenvalue weighted by Crippen LogP contribution is -2.66. The number of carbonyl (C=O) groups excluding carboxylic acids is 2. The topological polar surface area (TPSA) is 63.4 Å². The van der Waals surface area contributed by atoms with E-state index in [9.17, 15) is 9.59 Å². The minimum absolute atomic E-state index is 0.0528. The number of anilines is 1. The maximum atomic E-state index is 13.9. The zero-order valence-corrected chi connectivity index (χ0v) is 21.0. The van der Waals surface area contributed by atoms with E-state index < -0.39 is 0 Å². The van der Waals surface area contributed by atoms with E-state index in [1.54, 1.807) is 0 Å². The van der Waals surface area contributed by atoms with Gasteiger partial charge in [-0.3, -0.25) is 9.59 Å². The number of piperidine rings is 1. The Hall–Kier alpha value is -2.46. The largest absolute Gasteiger partial charge is 0.364 e. The van der Waals surface area contributed by atoms with Crippen LogP contribution in [0.15, 0.2) is 54.6 Å². The predicted molar refractivity (Wildman–Crippen MR) is 137 cm³/mol. The summed E-state index contributed by atoms with van der Waals surface area (Å²) in [6, 6.07) is 19.0. The van der Waals surface area contributed by atoms with Gasteiger partial charge in [-0.1, -0.05) is 70.2 Å². The van der Waals surface area contributed by atoms with E-state index in [1.807, 2.05) is 18.2 Å². The van der Waals surface area contributed by atoms with Gasteiger partial charge in [0.05, 0.1) is 0 Å². The Morgan fingerprint density at radius 2 is 1.26 bits per heavy atom. The maximum absolute atomic E-state index is 13.9. The smallest absolute Gasteiger partial charge is 0.139 e. The number of hydrogen-bond donors (Lipinski definition) is 1. The molecule has 2 aromatic rings. The molecule has 0 bridgehead atoms. The molecule has 3 fully saturated rings. The first-order chi connectivity index (χ1) is 16.1. The van der Waals surface area contributed by atoms with Crippen LogP contribution in [0.2, 0.25) is 0 Å². The van der Waals surface area contributed by atoms with E-state index in [0.29, 0.717) is 31.0 Å². The number of ketones is 2. The number of hydrogen-bond acceptors (Lipinski definition) is 4. The molecule has 0 amide bonds. The van der Waals surface area contributed by atoms with E-state index in [-0.39, 0.29) is 40.7 Å². The highest BCUT2D eigenvalue weighted by atomic mass is 16.1. The predicted octanol–water partition coefficient (Wildman–Crippen LogP) is 5.50. The number of nitrogens with two attached hydrogens (primary N) is 1. The second-order valence-corrected chi connectivity index (χ2v) is 12.4. The van der Waals surface area contributed by atoms with Gasteiger partial charge in [0.2, 0.25) is 0 Å². The average Bonchev–Trinajstić information content (AvgIpc) is 2.77. The molecule has 0 spiro atoms. The van der Waals surface area contributed by atoms with Crippen molar-refractivity contribution in [2.45, 2.75) is 77.9 Å². The van der Waals surface area contributed by atoms with Crippen LogP contribution in [0, 0.1) is 22.7 Å². The average molecular weight is 459 g/mol. The van der Waals surface area contributed by atoms with Crippen LogP contribution in [0.25, 0.3) is 0 Å². The van der Waals surface area contributed by atoms with Gasteiger partial charge in [0.25, 0.3) is 0 Å². The highest BCUT2D eigenvalue weighted by molar-refractivity contribution is 5.90. The molecule has 34 heavy (non-hydrogen) atoms. The molecule has 4 nitrogen and oxygen atoms in total. The van der Waals surface area contributed by atoms with E-state index in [0.717, 1.165) is 29.7 Å². The molecule has 4 atom stereocenters. The summed E-state index contributed by atoms with van der Waals surface area (Å²) in [5.41, 5.74) is 9.11. The van der Waals surface area contributed by atoms with Gasteiger partial charge in [0, 0.05) is 54.9 Å². The summed E-state index contributed by atoms with van der Waals surface area (Å²) in [6.07, 6.45) is 3.05. The van der Waals surface area contributed by atoms with E-state index in [1.165, 1.54) is 0 Å². The zero-order valence-electron chi connectivity index (χ0n) is 21.0. The van der Waals surface area contributed by atoms with Crippen molar-refractivity contribution in [3.8, 4) is 0 Å². The molecule has 2 N–H and O–H groups in total. The van der Waals surface area contributed by atoms with Crippen LogP contribution in [-0.4, -0.2) is 23.7 Å². The molecule has 5 rings (SSSR count). The monoisotopic (exact) mass is 458 g/mol. The molecule has 1 heterocycles. The van der Waals surface area contributed by atoms with Gasteiger partial charge in [-0.15, -0.1) is 0 Å². The van der Waals surface area contributed by atoms with Gasteiger partial charge in [-0.25, -0.2) is 0 Å². The first-order valence-corrected chi connectivity index (χ1v) is 12.8. The lowest BCUT2D eigenvalue weighted by Gasteiger charge is -2.60. The van der Waals surface area contributed by atoms with Crippen LogP contribution in [0.1, 0.15) is 70.4 Å². The lowest BCUT2D eigenvalue weighted by molar-refractivity contribution is -0.138. The van der Waals surface area contributed by atoms with Crippen LogP contribution in [0.3, 0.4) is 0 Å². The molecule has 2 saturated carbocycles. The summed E-state index contributed by atoms with van der Waals surface area (Å²) in [4.78, 5) is 30.2. The lowest BCUT2D eigenvalue weighted by atomic mass is 9.53. The fraction of sp³-hybridized carbons (Fsp3) is 0.533. The van der Waals surface area contributed by atoms with Crippen molar-refractivity contribution in [1.82, 2.24) is 0 Å². The third-order valence-corrected chi connectivity index (χ3v) is 8.54. The third-order valence-electron chi connectivity index (χ3n) is 8.54. The van der Waals surface area contributed by atoms with Gasteiger partial charge in [0.15, 0.2) is 0 Å². The molecule has 2 aliphatic carbocycles. The minimum atomic E-state index is -0.170. The summed E-state index contributed by atoms with van der Waals surface area (Å²) in [5.74, 6) is 0.236. The van der Waals surface area contributed by atoms with Crippen molar-refractivity contribution < 1.29 is 9.59 Å². The zero-order chi connectivity index (χ0) is 24.3. The summed E-state index contributed by atoms with van der Waals surface area (Å²) in [7, 11) is 0. The van der Waals surface area contributed by atoms with Gasteiger partial charge >= 0.3 is 0 Å². The Balaban J connectivity index is 1.70. The molecule has 180 valence electrons. The van der Waals surface area contributed by atoms with Crippen LogP contribution in [0.5, 0.6) is 0 Å². The molecule has 0 radical (unpaired) electrons. The van der Waals surface area contributed by atoms with Gasteiger partial charge in [-0.05, 0) is 46.9 Å². The maximum Gasteiger partial charge on any atom is 0.139 e. The molecule has 2 aromatic carbocycles. The van der Waals surface area contributed by atoms with Crippen molar-refractivity contribution >= 4 is 17.3 Å². The van der Waals surface area contributed by atoms with Crippen LogP contribution < -0.4 is 10.6 Å². The van der Waals surface area contributed by atoms with Gasteiger partial charge in [-0.2, -0.15) is 0 Å². The van der Waals surface area contributed by atoms with Crippen molar-refractivity contribution in [2.24, 2.45) is 28.4 Å². The SMILES string of the molecule is CC1(C)CC(=O)C2C(c3ccccc3)C3C(=O)CC(C)(C)CC3N(c3ccc(CN)cc3)C2C1. The van der Waals surface area contributed by atoms with Crippen LogP contribution in [0.4, 0.5) is 5.69 Å². The fourth-order valence-electron chi connectivity index (χ4n) is 7.31. The highest BCUT2D eigenvalue weighted by Crippen LogP contribution is 2.56. The Bertz CT molecular complexity index is 1030. The van der Waals surface area contributed by atoms with Crippen molar-refractivity contribution in [1.29, 1.82) is 0 Å². The Labute approximate surface area is 203 Å². The van der Waals surface area contributed by atoms with E-state index in [4.69, 9.17) is 5.73 Å². The van der Waals surface area contributed by atoms with E-state index in [2.05, 4.69) is 69.0 Å². The fourth-order valence-corrected chi connectivity index (χ4v) is 7.31. The number of carbonyl (C=O) groups is 2. The number of fused-ring (bicyclic) bond motifs is 2.